The van der Waals surface area contributed by atoms with Crippen molar-refractivity contribution < 1.29 is 18.0 Å². The minimum absolute atomic E-state index is 0.0819. The van der Waals surface area contributed by atoms with E-state index >= 15 is 0 Å². The van der Waals surface area contributed by atoms with E-state index in [-0.39, 0.29) is 6.04 Å². The second-order valence-electron chi connectivity index (χ2n) is 6.72. The summed E-state index contributed by atoms with van der Waals surface area (Å²) in [6.07, 6.45) is -4.06. The molecule has 0 bridgehead atoms. The summed E-state index contributed by atoms with van der Waals surface area (Å²) < 4.78 is 36.8. The van der Waals surface area contributed by atoms with Gasteiger partial charge in [-0.3, -0.25) is 4.79 Å². The molecule has 1 atom stereocenters. The monoisotopic (exact) mass is 342 g/mol. The van der Waals surface area contributed by atoms with Gasteiger partial charge in [0.05, 0.1) is 6.42 Å². The van der Waals surface area contributed by atoms with Crippen LogP contribution in [0.4, 0.5) is 18.9 Å². The Hall–Kier alpha value is -1.72. The van der Waals surface area contributed by atoms with Crippen molar-refractivity contribution >= 4 is 11.6 Å². The molecule has 0 saturated carbocycles. The average Bonchev–Trinajstić information content (AvgIpc) is 2.52. The zero-order chi connectivity index (χ0) is 17.7. The highest BCUT2D eigenvalue weighted by atomic mass is 19.4. The summed E-state index contributed by atoms with van der Waals surface area (Å²) in [5.41, 5.74) is 2.24. The second kappa shape index (κ2) is 7.90. The molecule has 3 nitrogen and oxygen atoms in total. The lowest BCUT2D eigenvalue weighted by Gasteiger charge is -2.34. The molecule has 6 heteroatoms. The van der Waals surface area contributed by atoms with E-state index in [1.165, 1.54) is 5.56 Å². The molecule has 0 spiro atoms. The number of hydrogen-bond donors (Lipinski definition) is 1. The predicted molar refractivity (Wildman–Crippen MR) is 89.0 cm³/mol. The van der Waals surface area contributed by atoms with Crippen molar-refractivity contribution in [2.75, 3.05) is 18.4 Å². The van der Waals surface area contributed by atoms with Gasteiger partial charge in [0, 0.05) is 31.2 Å². The fourth-order valence-electron chi connectivity index (χ4n) is 2.93. The maximum atomic E-state index is 12.3. The Morgan fingerprint density at radius 1 is 1.29 bits per heavy atom. The van der Waals surface area contributed by atoms with Crippen LogP contribution in [0.15, 0.2) is 24.3 Å². The van der Waals surface area contributed by atoms with Gasteiger partial charge < -0.3 is 10.2 Å². The summed E-state index contributed by atoms with van der Waals surface area (Å²) in [5, 5.41) is 3.39. The van der Waals surface area contributed by atoms with E-state index in [1.807, 2.05) is 12.1 Å². The molecule has 1 aromatic carbocycles. The third-order valence-corrected chi connectivity index (χ3v) is 4.34. The van der Waals surface area contributed by atoms with Crippen LogP contribution in [0.25, 0.3) is 0 Å². The maximum Gasteiger partial charge on any atom is 0.389 e. The van der Waals surface area contributed by atoms with Crippen molar-refractivity contribution in [2.45, 2.75) is 57.7 Å². The van der Waals surface area contributed by atoms with Gasteiger partial charge in [0.15, 0.2) is 0 Å². The molecule has 1 aliphatic rings. The van der Waals surface area contributed by atoms with E-state index in [4.69, 9.17) is 0 Å². The lowest BCUT2D eigenvalue weighted by Crippen LogP contribution is -2.45. The number of nitrogens with zero attached hydrogens (tertiary/aromatic N) is 1. The number of carbonyl (C=O) groups excluding carboxylic acids is 1. The van der Waals surface area contributed by atoms with Gasteiger partial charge in [0.2, 0.25) is 5.91 Å². The molecule has 0 aliphatic carbocycles. The third kappa shape index (κ3) is 5.73. The van der Waals surface area contributed by atoms with Gasteiger partial charge >= 0.3 is 6.18 Å². The summed E-state index contributed by atoms with van der Waals surface area (Å²) in [6, 6.07) is 8.25. The van der Waals surface area contributed by atoms with E-state index in [1.54, 1.807) is 4.90 Å². The molecule has 0 unspecified atom stereocenters. The number of piperidine rings is 1. The van der Waals surface area contributed by atoms with Gasteiger partial charge in [-0.15, -0.1) is 0 Å². The number of alkyl halides is 3. The highest BCUT2D eigenvalue weighted by molar-refractivity contribution is 5.76. The standard InChI is InChI=1S/C18H25F3N2O/c1-13(2)14-5-7-15(8-6-14)22-16-4-3-11-23(12-16)17(24)9-10-18(19,20)21/h5-8,13,16,22H,3-4,9-12H2,1-2H3/t16-/m1/s1. The van der Waals surface area contributed by atoms with Crippen molar-refractivity contribution in [2.24, 2.45) is 0 Å². The van der Waals surface area contributed by atoms with Crippen molar-refractivity contribution in [1.82, 2.24) is 4.90 Å². The minimum atomic E-state index is -4.28. The number of anilines is 1. The van der Waals surface area contributed by atoms with E-state index < -0.39 is 24.9 Å². The topological polar surface area (TPSA) is 32.3 Å². The smallest absolute Gasteiger partial charge is 0.381 e. The molecule has 1 amide bonds. The number of benzene rings is 1. The molecule has 1 heterocycles. The van der Waals surface area contributed by atoms with Gasteiger partial charge in [-0.05, 0) is 36.5 Å². The molecular formula is C18H25F3N2O. The Morgan fingerprint density at radius 3 is 2.54 bits per heavy atom. The molecule has 0 aromatic heterocycles. The number of carbonyl (C=O) groups is 1. The zero-order valence-corrected chi connectivity index (χ0v) is 14.2. The predicted octanol–water partition coefficient (Wildman–Crippen LogP) is 4.56. The van der Waals surface area contributed by atoms with Gasteiger partial charge in [-0.1, -0.05) is 26.0 Å². The molecule has 2 rings (SSSR count). The molecule has 0 radical (unpaired) electrons. The first-order chi connectivity index (χ1) is 11.2. The molecule has 134 valence electrons. The average molecular weight is 342 g/mol. The quantitative estimate of drug-likeness (QED) is 0.851. The number of amides is 1. The molecule has 1 saturated heterocycles. The summed E-state index contributed by atoms with van der Waals surface area (Å²) in [6.45, 7) is 5.27. The maximum absolute atomic E-state index is 12.3. The highest BCUT2D eigenvalue weighted by Crippen LogP contribution is 2.24. The van der Waals surface area contributed by atoms with Crippen molar-refractivity contribution in [1.29, 1.82) is 0 Å². The number of halogens is 3. The largest absolute Gasteiger partial charge is 0.389 e. The van der Waals surface area contributed by atoms with Gasteiger partial charge in [0.1, 0.15) is 0 Å². The van der Waals surface area contributed by atoms with Crippen LogP contribution < -0.4 is 5.32 Å². The molecule has 1 aromatic rings. The minimum Gasteiger partial charge on any atom is -0.381 e. The van der Waals surface area contributed by atoms with Crippen LogP contribution in [-0.2, 0) is 4.79 Å². The van der Waals surface area contributed by atoms with Gasteiger partial charge in [0.25, 0.3) is 0 Å². The van der Waals surface area contributed by atoms with E-state index in [2.05, 4.69) is 31.3 Å². The lowest BCUT2D eigenvalue weighted by molar-refractivity contribution is -0.149. The van der Waals surface area contributed by atoms with Crippen LogP contribution in [0.3, 0.4) is 0 Å². The third-order valence-electron chi connectivity index (χ3n) is 4.34. The molecule has 1 aliphatic heterocycles. The van der Waals surface area contributed by atoms with Crippen molar-refractivity contribution in [3.8, 4) is 0 Å². The zero-order valence-electron chi connectivity index (χ0n) is 14.2. The van der Waals surface area contributed by atoms with Gasteiger partial charge in [-0.2, -0.15) is 13.2 Å². The second-order valence-corrected chi connectivity index (χ2v) is 6.72. The Bertz CT molecular complexity index is 540. The van der Waals surface area contributed by atoms with E-state index in [0.29, 0.717) is 19.0 Å². The summed E-state index contributed by atoms with van der Waals surface area (Å²) in [7, 11) is 0. The molecule has 24 heavy (non-hydrogen) atoms. The Balaban J connectivity index is 1.87. The first-order valence-electron chi connectivity index (χ1n) is 8.45. The van der Waals surface area contributed by atoms with E-state index in [9.17, 15) is 18.0 Å². The van der Waals surface area contributed by atoms with Crippen LogP contribution in [0.2, 0.25) is 0 Å². The van der Waals surface area contributed by atoms with Crippen LogP contribution in [-0.4, -0.2) is 36.1 Å². The molecular weight excluding hydrogens is 317 g/mol. The van der Waals surface area contributed by atoms with E-state index in [0.717, 1.165) is 18.5 Å². The first-order valence-corrected chi connectivity index (χ1v) is 8.45. The van der Waals surface area contributed by atoms with Gasteiger partial charge in [-0.25, -0.2) is 0 Å². The van der Waals surface area contributed by atoms with Crippen molar-refractivity contribution in [3.05, 3.63) is 29.8 Å². The highest BCUT2D eigenvalue weighted by Gasteiger charge is 2.30. The Kier molecular flexibility index (Phi) is 6.13. The number of nitrogens with one attached hydrogen (secondary N) is 1. The SMILES string of the molecule is CC(C)c1ccc(N[C@@H]2CCCN(C(=O)CCC(F)(F)F)C2)cc1. The molecule has 1 fully saturated rings. The summed E-state index contributed by atoms with van der Waals surface area (Å²) in [4.78, 5) is 13.5. The Labute approximate surface area is 141 Å². The number of hydrogen-bond acceptors (Lipinski definition) is 2. The summed E-state index contributed by atoms with van der Waals surface area (Å²) in [5.74, 6) is 0.0597. The first kappa shape index (κ1) is 18.6. The summed E-state index contributed by atoms with van der Waals surface area (Å²) >= 11 is 0. The number of likely N-dealkylation sites (tertiary alicyclic amines) is 1. The number of rotatable bonds is 5. The Morgan fingerprint density at radius 2 is 1.96 bits per heavy atom. The van der Waals surface area contributed by atoms with Crippen LogP contribution in [0, 0.1) is 0 Å². The van der Waals surface area contributed by atoms with Crippen LogP contribution >= 0.6 is 0 Å². The fourth-order valence-corrected chi connectivity index (χ4v) is 2.93. The van der Waals surface area contributed by atoms with Crippen LogP contribution in [0.5, 0.6) is 0 Å². The lowest BCUT2D eigenvalue weighted by atomic mass is 10.0. The van der Waals surface area contributed by atoms with Crippen molar-refractivity contribution in [3.63, 3.8) is 0 Å². The van der Waals surface area contributed by atoms with Crippen LogP contribution in [0.1, 0.15) is 51.0 Å². The fraction of sp³-hybridized carbons (Fsp3) is 0.611. The normalized spacial score (nSPS) is 18.8. The molecule has 1 N–H and O–H groups in total.